The first kappa shape index (κ1) is 18.4. The standard InChI is InChI=1S/C15H19ClN4O3S/c1-4-7-20-14(22)18-19-15(20)24-9(2)13(21)17-10-5-6-12(23-3)11(16)8-10/h5-6,8-9H,4,7H2,1-3H3,(H,17,21)(H,18,22)/t9-/m1/s1. The Morgan fingerprint density at radius 3 is 2.92 bits per heavy atom. The average molecular weight is 371 g/mol. The number of carbonyl (C=O) groups is 1. The number of carbonyl (C=O) groups excluding carboxylic acids is 1. The second-order valence-electron chi connectivity index (χ2n) is 5.06. The lowest BCUT2D eigenvalue weighted by molar-refractivity contribution is -0.115. The molecule has 0 spiro atoms. The molecule has 1 aromatic carbocycles. The van der Waals surface area contributed by atoms with E-state index in [-0.39, 0.29) is 11.6 Å². The van der Waals surface area contributed by atoms with Gasteiger partial charge >= 0.3 is 5.69 Å². The maximum Gasteiger partial charge on any atom is 0.343 e. The van der Waals surface area contributed by atoms with Crippen LogP contribution in [0, 0.1) is 0 Å². The van der Waals surface area contributed by atoms with Gasteiger partial charge in [0.25, 0.3) is 0 Å². The highest BCUT2D eigenvalue weighted by Crippen LogP contribution is 2.28. The number of nitrogens with zero attached hydrogens (tertiary/aromatic N) is 2. The molecule has 2 rings (SSSR count). The van der Waals surface area contributed by atoms with Gasteiger partial charge in [-0.3, -0.25) is 9.36 Å². The minimum absolute atomic E-state index is 0.209. The Balaban J connectivity index is 2.05. The summed E-state index contributed by atoms with van der Waals surface area (Å²) in [5.74, 6) is 0.330. The number of amides is 1. The highest BCUT2D eigenvalue weighted by atomic mass is 35.5. The van der Waals surface area contributed by atoms with Crippen LogP contribution in [-0.2, 0) is 11.3 Å². The number of methoxy groups -OCH3 is 1. The number of halogens is 1. The Labute approximate surface area is 148 Å². The third-order valence-electron chi connectivity index (χ3n) is 3.24. The summed E-state index contributed by atoms with van der Waals surface area (Å²) in [5.41, 5.74) is 0.306. The monoisotopic (exact) mass is 370 g/mol. The predicted octanol–water partition coefficient (Wildman–Crippen LogP) is 2.76. The predicted molar refractivity (Wildman–Crippen MR) is 95.1 cm³/mol. The van der Waals surface area contributed by atoms with Crippen molar-refractivity contribution >= 4 is 35.0 Å². The van der Waals surface area contributed by atoms with Crippen molar-refractivity contribution in [2.45, 2.75) is 37.2 Å². The van der Waals surface area contributed by atoms with Gasteiger partial charge in [0, 0.05) is 12.2 Å². The number of thioether (sulfide) groups is 1. The number of hydrogen-bond donors (Lipinski definition) is 2. The van der Waals surface area contributed by atoms with Crippen LogP contribution in [-0.4, -0.2) is 33.0 Å². The van der Waals surface area contributed by atoms with Crippen molar-refractivity contribution in [3.05, 3.63) is 33.7 Å². The van der Waals surface area contributed by atoms with Crippen molar-refractivity contribution in [2.75, 3.05) is 12.4 Å². The number of aromatic amines is 1. The van der Waals surface area contributed by atoms with Crippen LogP contribution in [0.25, 0.3) is 0 Å². The van der Waals surface area contributed by atoms with Gasteiger partial charge in [-0.15, -0.1) is 5.10 Å². The number of benzene rings is 1. The van der Waals surface area contributed by atoms with Gasteiger partial charge in [-0.25, -0.2) is 9.89 Å². The summed E-state index contributed by atoms with van der Waals surface area (Å²) in [6.07, 6.45) is 0.803. The van der Waals surface area contributed by atoms with E-state index in [2.05, 4.69) is 15.5 Å². The molecule has 130 valence electrons. The van der Waals surface area contributed by atoms with E-state index in [1.165, 1.54) is 23.4 Å². The van der Waals surface area contributed by atoms with Crippen LogP contribution >= 0.6 is 23.4 Å². The third-order valence-corrected chi connectivity index (χ3v) is 4.63. The van der Waals surface area contributed by atoms with Crippen molar-refractivity contribution < 1.29 is 9.53 Å². The number of aromatic nitrogens is 3. The molecule has 24 heavy (non-hydrogen) atoms. The number of nitrogens with one attached hydrogen (secondary N) is 2. The smallest absolute Gasteiger partial charge is 0.343 e. The summed E-state index contributed by atoms with van der Waals surface area (Å²) in [7, 11) is 1.53. The number of hydrogen-bond acceptors (Lipinski definition) is 5. The Kier molecular flexibility index (Phi) is 6.33. The Morgan fingerprint density at radius 1 is 1.54 bits per heavy atom. The maximum absolute atomic E-state index is 12.3. The Morgan fingerprint density at radius 2 is 2.29 bits per heavy atom. The molecule has 0 aliphatic rings. The third kappa shape index (κ3) is 4.33. The van der Waals surface area contributed by atoms with Gasteiger partial charge in [0.05, 0.1) is 17.4 Å². The van der Waals surface area contributed by atoms with Crippen LogP contribution in [0.5, 0.6) is 5.75 Å². The number of anilines is 1. The summed E-state index contributed by atoms with van der Waals surface area (Å²) in [6.45, 7) is 4.28. The van der Waals surface area contributed by atoms with E-state index in [0.717, 1.165) is 6.42 Å². The van der Waals surface area contributed by atoms with Crippen LogP contribution in [0.1, 0.15) is 20.3 Å². The Hall–Kier alpha value is -1.93. The van der Waals surface area contributed by atoms with Gasteiger partial charge < -0.3 is 10.1 Å². The zero-order chi connectivity index (χ0) is 17.7. The fraction of sp³-hybridized carbons (Fsp3) is 0.400. The van der Waals surface area contributed by atoms with E-state index in [1.807, 2.05) is 6.92 Å². The van der Waals surface area contributed by atoms with Crippen LogP contribution in [0.4, 0.5) is 5.69 Å². The normalized spacial score (nSPS) is 12.0. The van der Waals surface area contributed by atoms with Crippen LogP contribution in [0.15, 0.2) is 28.2 Å². The van der Waals surface area contributed by atoms with E-state index in [0.29, 0.717) is 28.2 Å². The molecule has 2 aromatic rings. The molecule has 0 bridgehead atoms. The lowest BCUT2D eigenvalue weighted by Gasteiger charge is -2.13. The molecule has 1 aromatic heterocycles. The molecule has 0 radical (unpaired) electrons. The van der Waals surface area contributed by atoms with E-state index in [1.54, 1.807) is 25.1 Å². The molecule has 1 heterocycles. The van der Waals surface area contributed by atoms with Gasteiger partial charge in [0.15, 0.2) is 5.16 Å². The van der Waals surface area contributed by atoms with Crippen LogP contribution in [0.2, 0.25) is 5.02 Å². The molecular weight excluding hydrogens is 352 g/mol. The van der Waals surface area contributed by atoms with Crippen LogP contribution < -0.4 is 15.7 Å². The van der Waals surface area contributed by atoms with Gasteiger partial charge in [0.2, 0.25) is 5.91 Å². The lowest BCUT2D eigenvalue weighted by Crippen LogP contribution is -2.24. The number of ether oxygens (including phenoxy) is 1. The first-order valence-corrected chi connectivity index (χ1v) is 8.68. The SMILES string of the molecule is CCCn1c(S[C@H](C)C(=O)Nc2ccc(OC)c(Cl)c2)n[nH]c1=O. The molecular formula is C15H19ClN4O3S. The van der Waals surface area contributed by atoms with Gasteiger partial charge in [-0.2, -0.15) is 0 Å². The topological polar surface area (TPSA) is 89.0 Å². The fourth-order valence-corrected chi connectivity index (χ4v) is 3.15. The first-order valence-electron chi connectivity index (χ1n) is 7.42. The minimum atomic E-state index is -0.434. The summed E-state index contributed by atoms with van der Waals surface area (Å²) in [5, 5.41) is 9.65. The first-order chi connectivity index (χ1) is 11.5. The van der Waals surface area contributed by atoms with E-state index in [4.69, 9.17) is 16.3 Å². The number of rotatable bonds is 7. The van der Waals surface area contributed by atoms with Crippen molar-refractivity contribution in [1.29, 1.82) is 0 Å². The molecule has 1 atom stereocenters. The Bertz CT molecular complexity index is 774. The molecule has 7 nitrogen and oxygen atoms in total. The summed E-state index contributed by atoms with van der Waals surface area (Å²) < 4.78 is 6.60. The molecule has 0 saturated carbocycles. The van der Waals surface area contributed by atoms with E-state index < -0.39 is 5.25 Å². The number of H-pyrrole nitrogens is 1. The molecule has 0 fully saturated rings. The maximum atomic E-state index is 12.3. The minimum Gasteiger partial charge on any atom is -0.495 e. The van der Waals surface area contributed by atoms with Crippen molar-refractivity contribution in [3.8, 4) is 5.75 Å². The zero-order valence-electron chi connectivity index (χ0n) is 13.6. The summed E-state index contributed by atoms with van der Waals surface area (Å²) >= 11 is 7.27. The van der Waals surface area contributed by atoms with Crippen molar-refractivity contribution in [3.63, 3.8) is 0 Å². The second kappa shape index (κ2) is 8.25. The highest BCUT2D eigenvalue weighted by molar-refractivity contribution is 8.00. The molecule has 0 aliphatic heterocycles. The molecule has 0 unspecified atom stereocenters. The van der Waals surface area contributed by atoms with Gasteiger partial charge in [-0.1, -0.05) is 30.3 Å². The summed E-state index contributed by atoms with van der Waals surface area (Å²) in [6, 6.07) is 5.02. The zero-order valence-corrected chi connectivity index (χ0v) is 15.2. The van der Waals surface area contributed by atoms with Gasteiger partial charge in [-0.05, 0) is 31.5 Å². The largest absolute Gasteiger partial charge is 0.495 e. The molecule has 1 amide bonds. The van der Waals surface area contributed by atoms with Crippen molar-refractivity contribution in [1.82, 2.24) is 14.8 Å². The molecule has 0 aliphatic carbocycles. The second-order valence-corrected chi connectivity index (χ2v) is 6.78. The lowest BCUT2D eigenvalue weighted by atomic mass is 10.3. The molecule has 2 N–H and O–H groups in total. The van der Waals surface area contributed by atoms with Crippen LogP contribution in [0.3, 0.4) is 0 Å². The highest BCUT2D eigenvalue weighted by Gasteiger charge is 2.19. The van der Waals surface area contributed by atoms with Gasteiger partial charge in [0.1, 0.15) is 5.75 Å². The quantitative estimate of drug-likeness (QED) is 0.731. The van der Waals surface area contributed by atoms with E-state index >= 15 is 0 Å². The average Bonchev–Trinajstić information content (AvgIpc) is 2.88. The molecule has 9 heteroatoms. The molecule has 0 saturated heterocycles. The summed E-state index contributed by atoms with van der Waals surface area (Å²) in [4.78, 5) is 24.0. The fourth-order valence-electron chi connectivity index (χ4n) is 2.01. The van der Waals surface area contributed by atoms with E-state index in [9.17, 15) is 9.59 Å². The van der Waals surface area contributed by atoms with Crippen molar-refractivity contribution in [2.24, 2.45) is 0 Å².